The molecule has 0 spiro atoms. The number of furan rings is 1. The van der Waals surface area contributed by atoms with Crippen LogP contribution < -0.4 is 0 Å². The minimum absolute atomic E-state index is 0.0835. The van der Waals surface area contributed by atoms with E-state index in [0.29, 0.717) is 11.3 Å². The average molecular weight is 248 g/mol. The van der Waals surface area contributed by atoms with Crippen LogP contribution in [0.15, 0.2) is 27.3 Å². The van der Waals surface area contributed by atoms with E-state index in [1.807, 2.05) is 13.8 Å². The molecule has 5 heteroatoms. The predicted octanol–water partition coefficient (Wildman–Crippen LogP) is 2.72. The molecule has 0 saturated heterocycles. The van der Waals surface area contributed by atoms with Crippen molar-refractivity contribution < 1.29 is 13.7 Å². The molecular weight excluding hydrogens is 232 g/mol. The van der Waals surface area contributed by atoms with E-state index in [0.717, 1.165) is 11.5 Å². The SMILES string of the molecule is Cc1cc(C(=O)N(C)[C@@H](C)c2ccon2)c(C)o1. The lowest BCUT2D eigenvalue weighted by atomic mass is 10.1. The van der Waals surface area contributed by atoms with Gasteiger partial charge in [-0.3, -0.25) is 4.79 Å². The molecule has 1 amide bonds. The van der Waals surface area contributed by atoms with Crippen LogP contribution in [-0.4, -0.2) is 23.0 Å². The van der Waals surface area contributed by atoms with E-state index < -0.39 is 0 Å². The number of carbonyl (C=O) groups excluding carboxylic acids is 1. The molecule has 0 radical (unpaired) electrons. The number of aromatic nitrogens is 1. The minimum atomic E-state index is -0.147. The Morgan fingerprint density at radius 1 is 1.44 bits per heavy atom. The highest BCUT2D eigenvalue weighted by Gasteiger charge is 2.23. The lowest BCUT2D eigenvalue weighted by Crippen LogP contribution is -2.30. The van der Waals surface area contributed by atoms with Crippen molar-refractivity contribution in [3.8, 4) is 0 Å². The van der Waals surface area contributed by atoms with Crippen LogP contribution in [-0.2, 0) is 0 Å². The van der Waals surface area contributed by atoms with Crippen LogP contribution in [0.1, 0.15) is 40.5 Å². The Morgan fingerprint density at radius 2 is 2.17 bits per heavy atom. The molecule has 18 heavy (non-hydrogen) atoms. The van der Waals surface area contributed by atoms with E-state index in [2.05, 4.69) is 5.16 Å². The molecule has 0 N–H and O–H groups in total. The molecule has 0 aliphatic rings. The van der Waals surface area contributed by atoms with Gasteiger partial charge in [-0.15, -0.1) is 0 Å². The molecule has 2 rings (SSSR count). The Morgan fingerprint density at radius 3 is 2.67 bits per heavy atom. The van der Waals surface area contributed by atoms with Crippen molar-refractivity contribution in [3.63, 3.8) is 0 Å². The summed E-state index contributed by atoms with van der Waals surface area (Å²) in [5.74, 6) is 1.29. The van der Waals surface area contributed by atoms with Crippen molar-refractivity contribution in [2.45, 2.75) is 26.8 Å². The number of carbonyl (C=O) groups is 1. The predicted molar refractivity (Wildman–Crippen MR) is 65.2 cm³/mol. The van der Waals surface area contributed by atoms with Crippen LogP contribution in [0.3, 0.4) is 0 Å². The Hall–Kier alpha value is -2.04. The van der Waals surface area contributed by atoms with Gasteiger partial charge in [0.15, 0.2) is 0 Å². The summed E-state index contributed by atoms with van der Waals surface area (Å²) in [6, 6.07) is 3.36. The fraction of sp³-hybridized carbons (Fsp3) is 0.385. The zero-order valence-corrected chi connectivity index (χ0v) is 10.9. The van der Waals surface area contributed by atoms with Gasteiger partial charge < -0.3 is 13.8 Å². The highest BCUT2D eigenvalue weighted by atomic mass is 16.5. The van der Waals surface area contributed by atoms with Crippen molar-refractivity contribution in [1.82, 2.24) is 10.1 Å². The molecule has 0 unspecified atom stereocenters. The fourth-order valence-corrected chi connectivity index (χ4v) is 1.84. The number of hydrogen-bond donors (Lipinski definition) is 0. The molecular formula is C13H16N2O3. The van der Waals surface area contributed by atoms with E-state index in [1.165, 1.54) is 6.26 Å². The second-order valence-corrected chi connectivity index (χ2v) is 4.34. The fourth-order valence-electron chi connectivity index (χ4n) is 1.84. The number of hydrogen-bond acceptors (Lipinski definition) is 4. The maximum absolute atomic E-state index is 12.3. The summed E-state index contributed by atoms with van der Waals surface area (Å²) in [5, 5.41) is 3.85. The molecule has 0 aliphatic heterocycles. The van der Waals surface area contributed by atoms with Crippen LogP contribution in [0.4, 0.5) is 0 Å². The summed E-state index contributed by atoms with van der Waals surface area (Å²) in [5.41, 5.74) is 1.31. The third-order valence-corrected chi connectivity index (χ3v) is 3.06. The van der Waals surface area contributed by atoms with Crippen molar-refractivity contribution in [1.29, 1.82) is 0 Å². The van der Waals surface area contributed by atoms with Crippen LogP contribution in [0.5, 0.6) is 0 Å². The summed E-state index contributed by atoms with van der Waals surface area (Å²) in [4.78, 5) is 13.9. The Bertz CT molecular complexity index is 543. The van der Waals surface area contributed by atoms with Crippen molar-refractivity contribution >= 4 is 5.91 Å². The lowest BCUT2D eigenvalue weighted by Gasteiger charge is -2.22. The largest absolute Gasteiger partial charge is 0.466 e. The molecule has 0 saturated carbocycles. The second kappa shape index (κ2) is 4.68. The normalized spacial score (nSPS) is 12.4. The quantitative estimate of drug-likeness (QED) is 0.838. The Kier molecular flexibility index (Phi) is 3.23. The average Bonchev–Trinajstić information content (AvgIpc) is 2.96. The molecule has 96 valence electrons. The van der Waals surface area contributed by atoms with Gasteiger partial charge in [-0.25, -0.2) is 0 Å². The van der Waals surface area contributed by atoms with Crippen LogP contribution in [0.25, 0.3) is 0 Å². The van der Waals surface area contributed by atoms with Gasteiger partial charge in [-0.05, 0) is 26.8 Å². The summed E-state index contributed by atoms with van der Waals surface area (Å²) in [6.45, 7) is 5.51. The molecule has 0 aliphatic carbocycles. The van der Waals surface area contributed by atoms with Crippen LogP contribution >= 0.6 is 0 Å². The number of amides is 1. The van der Waals surface area contributed by atoms with Gasteiger partial charge in [0.05, 0.1) is 11.6 Å². The van der Waals surface area contributed by atoms with Gasteiger partial charge in [0.1, 0.15) is 23.5 Å². The molecule has 5 nitrogen and oxygen atoms in total. The first-order chi connectivity index (χ1) is 8.50. The first-order valence-electron chi connectivity index (χ1n) is 5.75. The standard InChI is InChI=1S/C13H16N2O3/c1-8-7-11(10(3)18-8)13(16)15(4)9(2)12-5-6-17-14-12/h5-7,9H,1-4H3/t9-/m0/s1. The smallest absolute Gasteiger partial charge is 0.257 e. The minimum Gasteiger partial charge on any atom is -0.466 e. The maximum atomic E-state index is 12.3. The highest BCUT2D eigenvalue weighted by Crippen LogP contribution is 2.22. The van der Waals surface area contributed by atoms with Crippen molar-refractivity contribution in [2.75, 3.05) is 7.05 Å². The first-order valence-corrected chi connectivity index (χ1v) is 5.75. The Balaban J connectivity index is 2.21. The van der Waals surface area contributed by atoms with Gasteiger partial charge in [0.2, 0.25) is 0 Å². The van der Waals surface area contributed by atoms with E-state index in [9.17, 15) is 4.79 Å². The van der Waals surface area contributed by atoms with Gasteiger partial charge in [0, 0.05) is 13.1 Å². The van der Waals surface area contributed by atoms with E-state index in [4.69, 9.17) is 8.94 Å². The molecule has 0 fully saturated rings. The maximum Gasteiger partial charge on any atom is 0.257 e. The van der Waals surface area contributed by atoms with Crippen molar-refractivity contribution in [2.24, 2.45) is 0 Å². The van der Waals surface area contributed by atoms with Gasteiger partial charge in [-0.2, -0.15) is 0 Å². The zero-order valence-electron chi connectivity index (χ0n) is 10.9. The number of aryl methyl sites for hydroxylation is 2. The van der Waals surface area contributed by atoms with E-state index in [1.54, 1.807) is 31.0 Å². The molecule has 0 bridgehead atoms. The summed E-state index contributed by atoms with van der Waals surface area (Å²) >= 11 is 0. The van der Waals surface area contributed by atoms with Gasteiger partial charge >= 0.3 is 0 Å². The third-order valence-electron chi connectivity index (χ3n) is 3.06. The topological polar surface area (TPSA) is 59.5 Å². The van der Waals surface area contributed by atoms with E-state index >= 15 is 0 Å². The molecule has 1 atom stereocenters. The molecule has 2 aromatic rings. The Labute approximate surface area is 105 Å². The number of rotatable bonds is 3. The summed E-state index contributed by atoms with van der Waals surface area (Å²) in [6.07, 6.45) is 1.50. The van der Waals surface area contributed by atoms with Gasteiger partial charge in [0.25, 0.3) is 5.91 Å². The highest BCUT2D eigenvalue weighted by molar-refractivity contribution is 5.95. The summed E-state index contributed by atoms with van der Waals surface area (Å²) < 4.78 is 10.2. The monoisotopic (exact) mass is 248 g/mol. The number of nitrogens with zero attached hydrogens (tertiary/aromatic N) is 2. The molecule has 0 aromatic carbocycles. The van der Waals surface area contributed by atoms with Crippen molar-refractivity contribution in [3.05, 3.63) is 41.2 Å². The van der Waals surface area contributed by atoms with Crippen LogP contribution in [0, 0.1) is 13.8 Å². The summed E-state index contributed by atoms with van der Waals surface area (Å²) in [7, 11) is 1.74. The molecule has 2 aromatic heterocycles. The van der Waals surface area contributed by atoms with Crippen LogP contribution in [0.2, 0.25) is 0 Å². The van der Waals surface area contributed by atoms with Gasteiger partial charge in [-0.1, -0.05) is 5.16 Å². The molecule has 2 heterocycles. The lowest BCUT2D eigenvalue weighted by molar-refractivity contribution is 0.0736. The first kappa shape index (κ1) is 12.4. The second-order valence-electron chi connectivity index (χ2n) is 4.34. The van der Waals surface area contributed by atoms with E-state index in [-0.39, 0.29) is 11.9 Å². The zero-order chi connectivity index (χ0) is 13.3. The third kappa shape index (κ3) is 2.16.